The summed E-state index contributed by atoms with van der Waals surface area (Å²) in [6, 6.07) is 8.56. The monoisotopic (exact) mass is 215 g/mol. The van der Waals surface area contributed by atoms with Crippen molar-refractivity contribution < 1.29 is 4.74 Å². The largest absolute Gasteiger partial charge is 0.493 e. The minimum atomic E-state index is -0.00720. The van der Waals surface area contributed by atoms with Crippen molar-refractivity contribution >= 4 is 0 Å². The summed E-state index contributed by atoms with van der Waals surface area (Å²) in [6.45, 7) is 4.99. The topological polar surface area (TPSA) is 33.0 Å². The Morgan fingerprint density at radius 2 is 2.19 bits per heavy atom. The molecule has 0 saturated carbocycles. The molecule has 0 aliphatic carbocycles. The van der Waals surface area contributed by atoms with Crippen molar-refractivity contribution in [3.05, 3.63) is 29.3 Å². The van der Waals surface area contributed by atoms with Crippen LogP contribution in [0.2, 0.25) is 0 Å². The van der Waals surface area contributed by atoms with Crippen molar-refractivity contribution in [3.63, 3.8) is 0 Å². The van der Waals surface area contributed by atoms with Gasteiger partial charge in [0.05, 0.1) is 18.6 Å². The molecule has 0 aromatic heterocycles. The van der Waals surface area contributed by atoms with E-state index in [0.29, 0.717) is 5.92 Å². The molecule has 1 heterocycles. The van der Waals surface area contributed by atoms with Crippen LogP contribution >= 0.6 is 0 Å². The Hall–Kier alpha value is -1.49. The molecule has 2 rings (SSSR count). The Morgan fingerprint density at radius 3 is 2.88 bits per heavy atom. The van der Waals surface area contributed by atoms with Gasteiger partial charge in [0.25, 0.3) is 0 Å². The summed E-state index contributed by atoms with van der Waals surface area (Å²) in [6.07, 6.45) is 2.15. The van der Waals surface area contributed by atoms with Crippen LogP contribution in [0.5, 0.6) is 5.75 Å². The first-order chi connectivity index (χ1) is 7.72. The van der Waals surface area contributed by atoms with Crippen molar-refractivity contribution in [2.75, 3.05) is 6.61 Å². The minimum absolute atomic E-state index is 0.00720. The van der Waals surface area contributed by atoms with E-state index in [9.17, 15) is 5.26 Å². The van der Waals surface area contributed by atoms with Crippen molar-refractivity contribution in [2.24, 2.45) is 5.92 Å². The van der Waals surface area contributed by atoms with E-state index >= 15 is 0 Å². The molecule has 0 spiro atoms. The first-order valence-corrected chi connectivity index (χ1v) is 5.87. The van der Waals surface area contributed by atoms with Crippen LogP contribution < -0.4 is 4.74 Å². The van der Waals surface area contributed by atoms with Gasteiger partial charge < -0.3 is 4.74 Å². The fourth-order valence-corrected chi connectivity index (χ4v) is 2.18. The maximum atomic E-state index is 9.17. The Bertz CT molecular complexity index is 417. The second kappa shape index (κ2) is 4.57. The summed E-state index contributed by atoms with van der Waals surface area (Å²) in [4.78, 5) is 0. The quantitative estimate of drug-likeness (QED) is 0.758. The maximum Gasteiger partial charge on any atom is 0.122 e. The first-order valence-electron chi connectivity index (χ1n) is 5.87. The van der Waals surface area contributed by atoms with Gasteiger partial charge in [0.1, 0.15) is 5.75 Å². The normalized spacial score (nSPS) is 16.1. The van der Waals surface area contributed by atoms with Crippen LogP contribution in [0.15, 0.2) is 18.2 Å². The van der Waals surface area contributed by atoms with Gasteiger partial charge in [-0.2, -0.15) is 5.26 Å². The number of ether oxygens (including phenoxy) is 1. The van der Waals surface area contributed by atoms with Crippen molar-refractivity contribution in [2.45, 2.75) is 32.6 Å². The highest BCUT2D eigenvalue weighted by Crippen LogP contribution is 2.30. The van der Waals surface area contributed by atoms with Crippen LogP contribution in [0.4, 0.5) is 0 Å². The number of hydrogen-bond donors (Lipinski definition) is 0. The third-order valence-corrected chi connectivity index (χ3v) is 3.10. The highest BCUT2D eigenvalue weighted by Gasteiger charge is 2.18. The average Bonchev–Trinajstić information content (AvgIpc) is 2.29. The lowest BCUT2D eigenvalue weighted by atomic mass is 9.88. The van der Waals surface area contributed by atoms with E-state index in [-0.39, 0.29) is 5.92 Å². The predicted molar refractivity (Wildman–Crippen MR) is 63.5 cm³/mol. The lowest BCUT2D eigenvalue weighted by Gasteiger charge is -2.20. The zero-order valence-corrected chi connectivity index (χ0v) is 9.86. The molecular formula is C14H17NO. The third kappa shape index (κ3) is 2.04. The van der Waals surface area contributed by atoms with E-state index < -0.39 is 0 Å². The molecule has 0 N–H and O–H groups in total. The zero-order valence-electron chi connectivity index (χ0n) is 9.86. The van der Waals surface area contributed by atoms with Gasteiger partial charge in [-0.1, -0.05) is 26.0 Å². The molecule has 1 aliphatic rings. The van der Waals surface area contributed by atoms with Gasteiger partial charge in [0, 0.05) is 0 Å². The molecule has 0 bridgehead atoms. The summed E-state index contributed by atoms with van der Waals surface area (Å²) in [5.41, 5.74) is 2.38. The Kier molecular flexibility index (Phi) is 3.14. The second-order valence-corrected chi connectivity index (χ2v) is 4.67. The van der Waals surface area contributed by atoms with Gasteiger partial charge in [-0.05, 0) is 36.0 Å². The number of hydrogen-bond acceptors (Lipinski definition) is 2. The summed E-state index contributed by atoms with van der Waals surface area (Å²) < 4.78 is 5.57. The lowest BCUT2D eigenvalue weighted by Crippen LogP contribution is -2.10. The van der Waals surface area contributed by atoms with Crippen LogP contribution in [0, 0.1) is 17.2 Å². The molecule has 2 heteroatoms. The van der Waals surface area contributed by atoms with Gasteiger partial charge in [0.15, 0.2) is 0 Å². The SMILES string of the molecule is CC(C)C(C#N)c1ccc2c(c1)CCCO2. The minimum Gasteiger partial charge on any atom is -0.493 e. The van der Waals surface area contributed by atoms with Crippen LogP contribution in [0.1, 0.15) is 37.3 Å². The fraction of sp³-hybridized carbons (Fsp3) is 0.500. The highest BCUT2D eigenvalue weighted by atomic mass is 16.5. The smallest absolute Gasteiger partial charge is 0.122 e. The van der Waals surface area contributed by atoms with E-state index in [1.807, 2.05) is 12.1 Å². The molecule has 0 saturated heterocycles. The Morgan fingerprint density at radius 1 is 1.38 bits per heavy atom. The summed E-state index contributed by atoms with van der Waals surface area (Å²) in [7, 11) is 0. The Labute approximate surface area is 96.9 Å². The molecular weight excluding hydrogens is 198 g/mol. The number of rotatable bonds is 2. The molecule has 0 fully saturated rings. The molecule has 84 valence electrons. The van der Waals surface area contributed by atoms with E-state index in [0.717, 1.165) is 30.8 Å². The van der Waals surface area contributed by atoms with Crippen LogP contribution in [0.25, 0.3) is 0 Å². The summed E-state index contributed by atoms with van der Waals surface area (Å²) >= 11 is 0. The van der Waals surface area contributed by atoms with E-state index in [1.54, 1.807) is 0 Å². The average molecular weight is 215 g/mol. The lowest BCUT2D eigenvalue weighted by molar-refractivity contribution is 0.288. The molecule has 0 amide bonds. The van der Waals surface area contributed by atoms with E-state index in [2.05, 4.69) is 26.0 Å². The summed E-state index contributed by atoms with van der Waals surface area (Å²) in [5.74, 6) is 1.34. The van der Waals surface area contributed by atoms with Crippen LogP contribution in [-0.4, -0.2) is 6.61 Å². The summed E-state index contributed by atoms with van der Waals surface area (Å²) in [5, 5.41) is 9.17. The molecule has 16 heavy (non-hydrogen) atoms. The van der Waals surface area contributed by atoms with Crippen molar-refractivity contribution in [1.29, 1.82) is 5.26 Å². The van der Waals surface area contributed by atoms with Crippen molar-refractivity contribution in [3.8, 4) is 11.8 Å². The van der Waals surface area contributed by atoms with Gasteiger partial charge in [-0.15, -0.1) is 0 Å². The zero-order chi connectivity index (χ0) is 11.5. The molecule has 1 aromatic rings. The van der Waals surface area contributed by atoms with Gasteiger partial charge in [0.2, 0.25) is 0 Å². The van der Waals surface area contributed by atoms with Gasteiger partial charge in [-0.25, -0.2) is 0 Å². The van der Waals surface area contributed by atoms with E-state index in [4.69, 9.17) is 4.74 Å². The molecule has 1 aliphatic heterocycles. The third-order valence-electron chi connectivity index (χ3n) is 3.10. The number of benzene rings is 1. The molecule has 1 atom stereocenters. The van der Waals surface area contributed by atoms with E-state index in [1.165, 1.54) is 5.56 Å². The number of fused-ring (bicyclic) bond motifs is 1. The van der Waals surface area contributed by atoms with Crippen LogP contribution in [0.3, 0.4) is 0 Å². The maximum absolute atomic E-state index is 9.17. The number of aryl methyl sites for hydroxylation is 1. The van der Waals surface area contributed by atoms with Crippen molar-refractivity contribution in [1.82, 2.24) is 0 Å². The Balaban J connectivity index is 2.33. The van der Waals surface area contributed by atoms with Gasteiger partial charge in [-0.3, -0.25) is 0 Å². The fourth-order valence-electron chi connectivity index (χ4n) is 2.18. The molecule has 0 radical (unpaired) electrons. The standard InChI is InChI=1S/C14H17NO/c1-10(2)13(9-15)11-5-6-14-12(8-11)4-3-7-16-14/h5-6,8,10,13H,3-4,7H2,1-2H3. The highest BCUT2D eigenvalue weighted by molar-refractivity contribution is 5.41. The first kappa shape index (κ1) is 11.0. The van der Waals surface area contributed by atoms with Crippen LogP contribution in [-0.2, 0) is 6.42 Å². The predicted octanol–water partition coefficient (Wildman–Crippen LogP) is 3.27. The molecule has 1 aromatic carbocycles. The number of nitriles is 1. The second-order valence-electron chi connectivity index (χ2n) is 4.67. The molecule has 1 unspecified atom stereocenters. The van der Waals surface area contributed by atoms with Gasteiger partial charge >= 0.3 is 0 Å². The molecule has 2 nitrogen and oxygen atoms in total. The number of nitrogens with zero attached hydrogens (tertiary/aromatic N) is 1.